The number of aryl methyl sites for hydroxylation is 1. The summed E-state index contributed by atoms with van der Waals surface area (Å²) in [5, 5.41) is 12.0. The number of halogens is 3. The van der Waals surface area contributed by atoms with Gasteiger partial charge in [0.2, 0.25) is 0 Å². The molecule has 3 aromatic rings. The van der Waals surface area contributed by atoms with Crippen molar-refractivity contribution in [2.75, 3.05) is 13.1 Å². The molecule has 0 saturated carbocycles. The predicted molar refractivity (Wildman–Crippen MR) is 95.4 cm³/mol. The van der Waals surface area contributed by atoms with Crippen LogP contribution in [-0.2, 0) is 6.42 Å². The Bertz CT molecular complexity index is 1030. The first kappa shape index (κ1) is 19.9. The van der Waals surface area contributed by atoms with Crippen LogP contribution in [0.3, 0.4) is 0 Å². The van der Waals surface area contributed by atoms with Gasteiger partial charge in [0.05, 0.1) is 12.2 Å². The fourth-order valence-corrected chi connectivity index (χ4v) is 3.18. The van der Waals surface area contributed by atoms with Crippen molar-refractivity contribution in [3.63, 3.8) is 0 Å². The van der Waals surface area contributed by atoms with Crippen LogP contribution in [0.5, 0.6) is 5.75 Å². The lowest BCUT2D eigenvalue weighted by Crippen LogP contribution is -2.29. The molecule has 158 valence electrons. The van der Waals surface area contributed by atoms with E-state index >= 15 is 0 Å². The first-order valence-corrected chi connectivity index (χ1v) is 9.22. The Balaban J connectivity index is 1.40. The number of hydrogen-bond acceptors (Lipinski definition) is 7. The van der Waals surface area contributed by atoms with Gasteiger partial charge < -0.3 is 14.2 Å². The van der Waals surface area contributed by atoms with Gasteiger partial charge in [0, 0.05) is 25.1 Å². The Labute approximate surface area is 168 Å². The van der Waals surface area contributed by atoms with Crippen molar-refractivity contribution in [1.29, 1.82) is 0 Å². The molecule has 1 saturated heterocycles. The normalized spacial score (nSPS) is 16.8. The highest BCUT2D eigenvalue weighted by Crippen LogP contribution is 2.26. The molecule has 0 bridgehead atoms. The van der Waals surface area contributed by atoms with Gasteiger partial charge in [0.15, 0.2) is 11.5 Å². The molecule has 9 nitrogen and oxygen atoms in total. The largest absolute Gasteiger partial charge is 0.573 e. The van der Waals surface area contributed by atoms with Crippen molar-refractivity contribution >= 4 is 5.91 Å². The molecule has 4 rings (SSSR count). The van der Waals surface area contributed by atoms with Gasteiger partial charge in [-0.3, -0.25) is 4.79 Å². The number of ether oxygens (including phenoxy) is 1. The molecule has 0 N–H and O–H groups in total. The fraction of sp³-hybridized carbons (Fsp3) is 0.389. The number of amides is 1. The van der Waals surface area contributed by atoms with E-state index in [1.165, 1.54) is 12.1 Å². The lowest BCUT2D eigenvalue weighted by atomic mass is 10.2. The standard InChI is InChI=1S/C18H17F3N6O3/c1-2-15-22-16(30-24-15)14-10-27(25-23-14)12-7-8-26(9-12)17(28)11-3-5-13(6-4-11)29-18(19,20)21/h3-6,10,12H,2,7-9H2,1H3/t12-/m1/s1. The van der Waals surface area contributed by atoms with Gasteiger partial charge in [0.1, 0.15) is 5.75 Å². The fourth-order valence-electron chi connectivity index (χ4n) is 3.18. The number of carbonyl (C=O) groups excluding carboxylic acids is 1. The van der Waals surface area contributed by atoms with E-state index in [9.17, 15) is 18.0 Å². The van der Waals surface area contributed by atoms with Gasteiger partial charge in [0.25, 0.3) is 11.8 Å². The van der Waals surface area contributed by atoms with Crippen LogP contribution in [0.25, 0.3) is 11.6 Å². The molecular weight excluding hydrogens is 405 g/mol. The van der Waals surface area contributed by atoms with Gasteiger partial charge in [-0.15, -0.1) is 18.3 Å². The maximum absolute atomic E-state index is 12.7. The molecule has 1 amide bonds. The molecule has 1 aliphatic rings. The summed E-state index contributed by atoms with van der Waals surface area (Å²) in [6, 6.07) is 4.77. The molecule has 12 heteroatoms. The minimum Gasteiger partial charge on any atom is -0.406 e. The number of carbonyl (C=O) groups is 1. The highest BCUT2D eigenvalue weighted by Gasteiger charge is 2.32. The first-order valence-electron chi connectivity index (χ1n) is 9.22. The molecular formula is C18H17F3N6O3. The van der Waals surface area contributed by atoms with Gasteiger partial charge in [-0.25, -0.2) is 4.68 Å². The zero-order chi connectivity index (χ0) is 21.3. The topological polar surface area (TPSA) is 99.2 Å². The number of hydrogen-bond donors (Lipinski definition) is 0. The van der Waals surface area contributed by atoms with Crippen LogP contribution in [0.15, 0.2) is 35.0 Å². The third-order valence-electron chi connectivity index (χ3n) is 4.67. The molecule has 0 aliphatic carbocycles. The van der Waals surface area contributed by atoms with Gasteiger partial charge in [-0.1, -0.05) is 17.3 Å². The number of rotatable bonds is 5. The number of likely N-dealkylation sites (tertiary alicyclic amines) is 1. The van der Waals surface area contributed by atoms with Crippen molar-refractivity contribution in [3.05, 3.63) is 41.9 Å². The molecule has 0 spiro atoms. The summed E-state index contributed by atoms with van der Waals surface area (Å²) in [6.45, 7) is 2.79. The Morgan fingerprint density at radius 3 is 2.73 bits per heavy atom. The van der Waals surface area contributed by atoms with E-state index < -0.39 is 6.36 Å². The summed E-state index contributed by atoms with van der Waals surface area (Å²) in [5.41, 5.74) is 0.731. The summed E-state index contributed by atoms with van der Waals surface area (Å²) in [4.78, 5) is 18.5. The van der Waals surface area contributed by atoms with Crippen LogP contribution in [0, 0.1) is 0 Å². The minimum atomic E-state index is -4.77. The molecule has 1 aromatic carbocycles. The predicted octanol–water partition coefficient (Wildman–Crippen LogP) is 2.88. The molecule has 2 aromatic heterocycles. The second-order valence-corrected chi connectivity index (χ2v) is 6.72. The highest BCUT2D eigenvalue weighted by atomic mass is 19.4. The van der Waals surface area contributed by atoms with Crippen LogP contribution in [0.2, 0.25) is 0 Å². The summed E-state index contributed by atoms with van der Waals surface area (Å²) in [5.74, 6) is 0.204. The van der Waals surface area contributed by atoms with Crippen molar-refractivity contribution in [3.8, 4) is 17.3 Å². The Morgan fingerprint density at radius 1 is 1.30 bits per heavy atom. The van der Waals surface area contributed by atoms with E-state index in [-0.39, 0.29) is 29.2 Å². The van der Waals surface area contributed by atoms with E-state index in [4.69, 9.17) is 4.52 Å². The van der Waals surface area contributed by atoms with E-state index in [0.29, 0.717) is 37.4 Å². The van der Waals surface area contributed by atoms with Crippen molar-refractivity contribution in [2.45, 2.75) is 32.2 Å². The molecule has 0 unspecified atom stereocenters. The first-order chi connectivity index (χ1) is 14.3. The lowest BCUT2D eigenvalue weighted by Gasteiger charge is -2.17. The molecule has 3 heterocycles. The number of aromatic nitrogens is 5. The highest BCUT2D eigenvalue weighted by molar-refractivity contribution is 5.94. The lowest BCUT2D eigenvalue weighted by molar-refractivity contribution is -0.274. The Kier molecular flexibility index (Phi) is 5.14. The second-order valence-electron chi connectivity index (χ2n) is 6.72. The smallest absolute Gasteiger partial charge is 0.406 e. The quantitative estimate of drug-likeness (QED) is 0.623. The third kappa shape index (κ3) is 4.26. The molecule has 0 radical (unpaired) electrons. The van der Waals surface area contributed by atoms with Gasteiger partial charge in [-0.2, -0.15) is 4.98 Å². The van der Waals surface area contributed by atoms with E-state index in [0.717, 1.165) is 12.1 Å². The monoisotopic (exact) mass is 422 g/mol. The minimum absolute atomic E-state index is 0.0865. The summed E-state index contributed by atoms with van der Waals surface area (Å²) in [6.07, 6.45) is -1.78. The second kappa shape index (κ2) is 7.76. The zero-order valence-corrected chi connectivity index (χ0v) is 15.8. The van der Waals surface area contributed by atoms with Crippen LogP contribution in [-0.4, -0.2) is 55.4 Å². The summed E-state index contributed by atoms with van der Waals surface area (Å²) < 4.78 is 47.4. The maximum Gasteiger partial charge on any atom is 0.573 e. The SMILES string of the molecule is CCc1noc(-c2cn([C@@H]3CCN(C(=O)c4ccc(OC(F)(F)F)cc4)C3)nn2)n1. The number of benzene rings is 1. The van der Waals surface area contributed by atoms with Crippen LogP contribution < -0.4 is 4.74 Å². The zero-order valence-electron chi connectivity index (χ0n) is 15.8. The molecule has 30 heavy (non-hydrogen) atoms. The Morgan fingerprint density at radius 2 is 2.07 bits per heavy atom. The van der Waals surface area contributed by atoms with Gasteiger partial charge in [-0.05, 0) is 30.7 Å². The molecule has 1 fully saturated rings. The summed E-state index contributed by atoms with van der Waals surface area (Å²) in [7, 11) is 0. The van der Waals surface area contributed by atoms with Crippen LogP contribution >= 0.6 is 0 Å². The van der Waals surface area contributed by atoms with Crippen LogP contribution in [0.4, 0.5) is 13.2 Å². The van der Waals surface area contributed by atoms with Crippen molar-refractivity contribution in [1.82, 2.24) is 30.0 Å². The van der Waals surface area contributed by atoms with Crippen molar-refractivity contribution < 1.29 is 27.2 Å². The average molecular weight is 422 g/mol. The summed E-state index contributed by atoms with van der Waals surface area (Å²) >= 11 is 0. The molecule has 1 atom stereocenters. The maximum atomic E-state index is 12.7. The average Bonchev–Trinajstić information content (AvgIpc) is 3.46. The third-order valence-corrected chi connectivity index (χ3v) is 4.67. The van der Waals surface area contributed by atoms with E-state index in [1.54, 1.807) is 15.8 Å². The molecule has 1 aliphatic heterocycles. The van der Waals surface area contributed by atoms with Gasteiger partial charge >= 0.3 is 6.36 Å². The van der Waals surface area contributed by atoms with Crippen molar-refractivity contribution in [2.24, 2.45) is 0 Å². The Hall–Kier alpha value is -3.44. The number of alkyl halides is 3. The number of nitrogens with zero attached hydrogens (tertiary/aromatic N) is 6. The van der Waals surface area contributed by atoms with E-state index in [1.807, 2.05) is 6.92 Å². The van der Waals surface area contributed by atoms with E-state index in [2.05, 4.69) is 25.2 Å². The van der Waals surface area contributed by atoms with Crippen LogP contribution in [0.1, 0.15) is 35.6 Å².